The summed E-state index contributed by atoms with van der Waals surface area (Å²) in [4.78, 5) is 11.4. The normalized spacial score (nSPS) is 18.5. The van der Waals surface area contributed by atoms with E-state index in [9.17, 15) is 4.79 Å². The van der Waals surface area contributed by atoms with Crippen LogP contribution in [-0.4, -0.2) is 26.2 Å². The molecule has 1 aliphatic rings. The second-order valence-electron chi connectivity index (χ2n) is 4.53. The first-order chi connectivity index (χ1) is 8.31. The molecule has 0 saturated carbocycles. The second-order valence-corrected chi connectivity index (χ2v) is 4.53. The fourth-order valence-electron chi connectivity index (χ4n) is 2.49. The first-order valence-corrected chi connectivity index (χ1v) is 6.14. The van der Waals surface area contributed by atoms with Gasteiger partial charge in [0.15, 0.2) is 0 Å². The zero-order valence-electron chi connectivity index (χ0n) is 10.2. The monoisotopic (exact) mass is 233 g/mol. The molecule has 1 atom stereocenters. The predicted octanol–water partition coefficient (Wildman–Crippen LogP) is 1.87. The third kappa shape index (κ3) is 3.07. The van der Waals surface area contributed by atoms with E-state index in [4.69, 9.17) is 4.74 Å². The zero-order chi connectivity index (χ0) is 12.1. The molecular weight excluding hydrogens is 214 g/mol. The molecule has 1 aliphatic carbocycles. The molecule has 3 heteroatoms. The van der Waals surface area contributed by atoms with E-state index in [1.54, 1.807) is 0 Å². The van der Waals surface area contributed by atoms with E-state index in [0.29, 0.717) is 5.92 Å². The van der Waals surface area contributed by atoms with Gasteiger partial charge in [0.2, 0.25) is 5.91 Å². The molecule has 0 aliphatic heterocycles. The predicted molar refractivity (Wildman–Crippen MR) is 67.0 cm³/mol. The van der Waals surface area contributed by atoms with Gasteiger partial charge in [-0.2, -0.15) is 0 Å². The lowest BCUT2D eigenvalue weighted by molar-refractivity contribution is -0.124. The van der Waals surface area contributed by atoms with Gasteiger partial charge in [-0.3, -0.25) is 4.79 Å². The van der Waals surface area contributed by atoms with Gasteiger partial charge in [-0.05, 0) is 30.4 Å². The van der Waals surface area contributed by atoms with Crippen molar-refractivity contribution in [3.63, 3.8) is 0 Å². The summed E-state index contributed by atoms with van der Waals surface area (Å²) in [5.41, 5.74) is 2.83. The summed E-state index contributed by atoms with van der Waals surface area (Å²) in [5, 5.41) is 2.93. The lowest BCUT2D eigenvalue weighted by Gasteiger charge is -2.25. The molecule has 2 rings (SSSR count). The molecule has 0 spiro atoms. The third-order valence-corrected chi connectivity index (χ3v) is 3.31. The van der Waals surface area contributed by atoms with E-state index in [1.165, 1.54) is 31.1 Å². The number of methoxy groups -OCH3 is 1. The highest BCUT2D eigenvalue weighted by molar-refractivity contribution is 5.77. The summed E-state index contributed by atoms with van der Waals surface area (Å²) in [6.07, 6.45) is 3.53. The maximum Gasteiger partial charge on any atom is 0.246 e. The van der Waals surface area contributed by atoms with E-state index < -0.39 is 0 Å². The fourth-order valence-corrected chi connectivity index (χ4v) is 2.49. The first-order valence-electron chi connectivity index (χ1n) is 6.14. The minimum atomic E-state index is -0.0319. The summed E-state index contributed by atoms with van der Waals surface area (Å²) in [7, 11) is 1.54. The van der Waals surface area contributed by atoms with Crippen LogP contribution in [0.2, 0.25) is 0 Å². The summed E-state index contributed by atoms with van der Waals surface area (Å²) in [6.45, 7) is 0.869. The number of nitrogens with one attached hydrogen (secondary N) is 1. The van der Waals surface area contributed by atoms with E-state index in [-0.39, 0.29) is 12.5 Å². The Kier molecular flexibility index (Phi) is 4.15. The van der Waals surface area contributed by atoms with Crippen molar-refractivity contribution in [1.29, 1.82) is 0 Å². The first kappa shape index (κ1) is 12.1. The summed E-state index contributed by atoms with van der Waals surface area (Å²) >= 11 is 0. The minimum absolute atomic E-state index is 0.0319. The van der Waals surface area contributed by atoms with Crippen molar-refractivity contribution in [2.75, 3.05) is 20.3 Å². The van der Waals surface area contributed by atoms with Crippen molar-refractivity contribution >= 4 is 5.91 Å². The number of carbonyl (C=O) groups excluding carboxylic acids is 1. The number of aryl methyl sites for hydroxylation is 1. The maximum atomic E-state index is 11.4. The van der Waals surface area contributed by atoms with Crippen molar-refractivity contribution in [3.05, 3.63) is 35.4 Å². The number of ether oxygens (including phenoxy) is 1. The molecule has 0 unspecified atom stereocenters. The maximum absolute atomic E-state index is 11.4. The van der Waals surface area contributed by atoms with Crippen LogP contribution >= 0.6 is 0 Å². The molecule has 1 aromatic carbocycles. The number of rotatable bonds is 4. The van der Waals surface area contributed by atoms with Gasteiger partial charge in [-0.25, -0.2) is 0 Å². The Labute approximate surface area is 102 Å². The Morgan fingerprint density at radius 3 is 3.12 bits per heavy atom. The Balaban J connectivity index is 1.97. The largest absolute Gasteiger partial charge is 0.375 e. The molecule has 92 valence electrons. The van der Waals surface area contributed by atoms with Crippen LogP contribution in [0.5, 0.6) is 0 Å². The van der Waals surface area contributed by atoms with Crippen LogP contribution in [0.3, 0.4) is 0 Å². The average molecular weight is 233 g/mol. The number of amides is 1. The molecule has 17 heavy (non-hydrogen) atoms. The molecule has 0 radical (unpaired) electrons. The Hall–Kier alpha value is -1.35. The highest BCUT2D eigenvalue weighted by Gasteiger charge is 2.19. The van der Waals surface area contributed by atoms with Gasteiger partial charge in [0, 0.05) is 19.6 Å². The van der Waals surface area contributed by atoms with Gasteiger partial charge in [-0.15, -0.1) is 0 Å². The van der Waals surface area contributed by atoms with Gasteiger partial charge < -0.3 is 10.1 Å². The van der Waals surface area contributed by atoms with Crippen molar-refractivity contribution in [2.45, 2.75) is 25.2 Å². The molecule has 0 saturated heterocycles. The minimum Gasteiger partial charge on any atom is -0.375 e. The molecule has 1 N–H and O–H groups in total. The van der Waals surface area contributed by atoms with Crippen LogP contribution in [0.25, 0.3) is 0 Å². The fraction of sp³-hybridized carbons (Fsp3) is 0.500. The molecule has 0 bridgehead atoms. The van der Waals surface area contributed by atoms with Gasteiger partial charge in [0.1, 0.15) is 6.61 Å². The summed E-state index contributed by atoms with van der Waals surface area (Å²) in [5.74, 6) is 0.427. The number of carbonyl (C=O) groups is 1. The van der Waals surface area contributed by atoms with E-state index >= 15 is 0 Å². The van der Waals surface area contributed by atoms with Crippen molar-refractivity contribution in [3.8, 4) is 0 Å². The number of fused-ring (bicyclic) bond motifs is 1. The molecular formula is C14H19NO2. The number of hydrogen-bond acceptors (Lipinski definition) is 2. The quantitative estimate of drug-likeness (QED) is 0.862. The van der Waals surface area contributed by atoms with Crippen molar-refractivity contribution in [1.82, 2.24) is 5.32 Å². The van der Waals surface area contributed by atoms with E-state index in [0.717, 1.165) is 13.0 Å². The molecule has 0 aromatic heterocycles. The van der Waals surface area contributed by atoms with Crippen LogP contribution in [0.4, 0.5) is 0 Å². The van der Waals surface area contributed by atoms with Crippen LogP contribution in [0.1, 0.15) is 29.9 Å². The SMILES string of the molecule is COCC(=O)NC[C@H]1CCCc2ccccc21. The van der Waals surface area contributed by atoms with Crippen molar-refractivity contribution in [2.24, 2.45) is 0 Å². The van der Waals surface area contributed by atoms with Crippen LogP contribution in [-0.2, 0) is 16.0 Å². The van der Waals surface area contributed by atoms with E-state index in [1.807, 2.05) is 0 Å². The zero-order valence-corrected chi connectivity index (χ0v) is 10.2. The smallest absolute Gasteiger partial charge is 0.246 e. The van der Waals surface area contributed by atoms with Crippen LogP contribution in [0.15, 0.2) is 24.3 Å². The molecule has 0 fully saturated rings. The van der Waals surface area contributed by atoms with E-state index in [2.05, 4.69) is 29.6 Å². The third-order valence-electron chi connectivity index (χ3n) is 3.31. The van der Waals surface area contributed by atoms with Gasteiger partial charge >= 0.3 is 0 Å². The molecule has 3 nitrogen and oxygen atoms in total. The van der Waals surface area contributed by atoms with Crippen LogP contribution in [0, 0.1) is 0 Å². The number of benzene rings is 1. The topological polar surface area (TPSA) is 38.3 Å². The molecule has 1 amide bonds. The summed E-state index contributed by atoms with van der Waals surface area (Å²) in [6, 6.07) is 8.54. The standard InChI is InChI=1S/C14H19NO2/c1-17-10-14(16)15-9-12-7-4-6-11-5-2-3-8-13(11)12/h2-3,5,8,12H,4,6-7,9-10H2,1H3,(H,15,16)/t12-/m1/s1. The van der Waals surface area contributed by atoms with Gasteiger partial charge in [0.05, 0.1) is 0 Å². The second kappa shape index (κ2) is 5.82. The Morgan fingerprint density at radius 2 is 2.29 bits per heavy atom. The average Bonchev–Trinajstić information content (AvgIpc) is 2.36. The molecule has 0 heterocycles. The lowest BCUT2D eigenvalue weighted by atomic mass is 9.83. The Bertz CT molecular complexity index is 390. The molecule has 1 aromatic rings. The highest BCUT2D eigenvalue weighted by atomic mass is 16.5. The van der Waals surface area contributed by atoms with Gasteiger partial charge in [0.25, 0.3) is 0 Å². The Morgan fingerprint density at radius 1 is 1.47 bits per heavy atom. The van der Waals surface area contributed by atoms with Crippen LogP contribution < -0.4 is 5.32 Å². The van der Waals surface area contributed by atoms with Gasteiger partial charge in [-0.1, -0.05) is 24.3 Å². The number of hydrogen-bond donors (Lipinski definition) is 1. The summed E-state index contributed by atoms with van der Waals surface area (Å²) < 4.78 is 4.80. The highest BCUT2D eigenvalue weighted by Crippen LogP contribution is 2.30. The van der Waals surface area contributed by atoms with Crippen molar-refractivity contribution < 1.29 is 9.53 Å². The lowest BCUT2D eigenvalue weighted by Crippen LogP contribution is -2.32.